The van der Waals surface area contributed by atoms with E-state index in [2.05, 4.69) is 60.0 Å². The number of carboxylic acids is 1. The molecule has 5 nitrogen and oxygen atoms in total. The monoisotopic (exact) mass is 619 g/mol. The van der Waals surface area contributed by atoms with Gasteiger partial charge in [0.1, 0.15) is 6.04 Å². The van der Waals surface area contributed by atoms with E-state index in [0.29, 0.717) is 23.7 Å². The minimum absolute atomic E-state index is 0.355. The molecule has 1 saturated carbocycles. The molecule has 3 unspecified atom stereocenters. The van der Waals surface area contributed by atoms with Gasteiger partial charge in [0.15, 0.2) is 0 Å². The molecule has 0 bridgehead atoms. The van der Waals surface area contributed by atoms with E-state index >= 15 is 0 Å². The molecule has 2 aliphatic heterocycles. The summed E-state index contributed by atoms with van der Waals surface area (Å²) in [6.07, 6.45) is 8.53. The number of piperidine rings is 1. The number of aliphatic carboxylic acids is 1. The molecular formula is C36H46ClN3O2S. The van der Waals surface area contributed by atoms with Crippen molar-refractivity contribution in [3.05, 3.63) is 85.8 Å². The first-order valence-corrected chi connectivity index (χ1v) is 17.5. The number of rotatable bonds is 11. The highest BCUT2D eigenvalue weighted by Crippen LogP contribution is 2.40. The maximum Gasteiger partial charge on any atom is 0.320 e. The van der Waals surface area contributed by atoms with Gasteiger partial charge < -0.3 is 10.0 Å². The third-order valence-electron chi connectivity index (χ3n) is 10.3. The van der Waals surface area contributed by atoms with Crippen molar-refractivity contribution in [1.82, 2.24) is 14.8 Å². The number of hydrogen-bond donors (Lipinski definition) is 1. The molecule has 43 heavy (non-hydrogen) atoms. The molecule has 0 spiro atoms. The van der Waals surface area contributed by atoms with Crippen molar-refractivity contribution in [3.63, 3.8) is 0 Å². The zero-order valence-corrected chi connectivity index (χ0v) is 27.3. The Hall–Kier alpha value is -2.25. The zero-order chi connectivity index (χ0) is 29.9. The van der Waals surface area contributed by atoms with Crippen LogP contribution in [0.25, 0.3) is 0 Å². The lowest BCUT2D eigenvalue weighted by atomic mass is 9.80. The van der Waals surface area contributed by atoms with Gasteiger partial charge in [0.2, 0.25) is 0 Å². The molecule has 1 N–H and O–H groups in total. The molecule has 2 aromatic carbocycles. The fraction of sp³-hybridized carbons (Fsp3) is 0.556. The summed E-state index contributed by atoms with van der Waals surface area (Å²) < 4.78 is 0. The highest BCUT2D eigenvalue weighted by atomic mass is 35.5. The van der Waals surface area contributed by atoms with E-state index in [4.69, 9.17) is 16.6 Å². The number of halogens is 1. The van der Waals surface area contributed by atoms with E-state index in [1.54, 1.807) is 0 Å². The number of likely N-dealkylation sites (tertiary alicyclic amines) is 2. The lowest BCUT2D eigenvalue weighted by molar-refractivity contribution is -0.144. The Morgan fingerprint density at radius 2 is 1.88 bits per heavy atom. The van der Waals surface area contributed by atoms with Crippen molar-refractivity contribution in [2.45, 2.75) is 83.1 Å². The summed E-state index contributed by atoms with van der Waals surface area (Å²) in [5, 5.41) is 12.2. The molecule has 6 rings (SSSR count). The second-order valence-corrected chi connectivity index (χ2v) is 14.8. The van der Waals surface area contributed by atoms with Crippen LogP contribution >= 0.6 is 22.9 Å². The Morgan fingerprint density at radius 3 is 2.56 bits per heavy atom. The number of benzene rings is 2. The zero-order valence-electron chi connectivity index (χ0n) is 25.7. The summed E-state index contributed by atoms with van der Waals surface area (Å²) in [4.78, 5) is 23.9. The summed E-state index contributed by atoms with van der Waals surface area (Å²) in [6, 6.07) is 16.7. The van der Waals surface area contributed by atoms with Gasteiger partial charge in [-0.15, -0.1) is 11.3 Å². The summed E-state index contributed by atoms with van der Waals surface area (Å²) in [5.41, 5.74) is 5.07. The Morgan fingerprint density at radius 1 is 1.09 bits per heavy atom. The molecule has 3 fully saturated rings. The van der Waals surface area contributed by atoms with Gasteiger partial charge in [0.05, 0.1) is 10.7 Å². The minimum Gasteiger partial charge on any atom is -0.480 e. The summed E-state index contributed by atoms with van der Waals surface area (Å²) in [6.45, 7) is 9.33. The molecule has 0 amide bonds. The van der Waals surface area contributed by atoms with Gasteiger partial charge in [0.25, 0.3) is 0 Å². The fourth-order valence-corrected chi connectivity index (χ4v) is 9.20. The molecule has 0 radical (unpaired) electrons. The number of thiazole rings is 1. The van der Waals surface area contributed by atoms with Crippen LogP contribution in [0.2, 0.25) is 5.02 Å². The van der Waals surface area contributed by atoms with E-state index in [1.807, 2.05) is 23.5 Å². The van der Waals surface area contributed by atoms with E-state index in [0.717, 1.165) is 75.4 Å². The topological polar surface area (TPSA) is 56.7 Å². The number of hydrogen-bond acceptors (Lipinski definition) is 5. The molecule has 7 heteroatoms. The van der Waals surface area contributed by atoms with Crippen LogP contribution in [0.4, 0.5) is 0 Å². The molecule has 1 aromatic heterocycles. The Bertz CT molecular complexity index is 1400. The number of aryl methyl sites for hydroxylation is 2. The first-order chi connectivity index (χ1) is 20.9. The summed E-state index contributed by atoms with van der Waals surface area (Å²) in [7, 11) is 0. The van der Waals surface area contributed by atoms with Gasteiger partial charge in [0, 0.05) is 41.9 Å². The van der Waals surface area contributed by atoms with E-state index in [1.165, 1.54) is 46.0 Å². The maximum absolute atomic E-state index is 12.4. The second-order valence-electron chi connectivity index (χ2n) is 13.2. The Balaban J connectivity index is 1.12. The first kappa shape index (κ1) is 30.8. The van der Waals surface area contributed by atoms with Crippen LogP contribution in [0, 0.1) is 18.8 Å². The Kier molecular flexibility index (Phi) is 9.88. The van der Waals surface area contributed by atoms with Gasteiger partial charge in [-0.2, -0.15) is 0 Å². The minimum atomic E-state index is -0.637. The van der Waals surface area contributed by atoms with Crippen molar-refractivity contribution in [3.8, 4) is 0 Å². The number of nitrogens with zero attached hydrogens (tertiary/aromatic N) is 3. The van der Waals surface area contributed by atoms with Crippen molar-refractivity contribution >= 4 is 28.9 Å². The summed E-state index contributed by atoms with van der Waals surface area (Å²) >= 11 is 8.35. The van der Waals surface area contributed by atoms with Crippen molar-refractivity contribution in [2.75, 3.05) is 32.7 Å². The van der Waals surface area contributed by atoms with Crippen LogP contribution < -0.4 is 0 Å². The van der Waals surface area contributed by atoms with Gasteiger partial charge >= 0.3 is 5.97 Å². The fourth-order valence-electron chi connectivity index (χ4n) is 7.65. The SMILES string of the molecule is CCc1nc(Cc2ccccc2Cl)sc1C1CCN(CC2CN(C(CC3CCC3)C(=O)O)CC2c2cccc(C)c2)CC1. The quantitative estimate of drug-likeness (QED) is 0.237. The van der Waals surface area contributed by atoms with Gasteiger partial charge in [-0.05, 0) is 80.6 Å². The molecule has 2 saturated heterocycles. The van der Waals surface area contributed by atoms with E-state index in [-0.39, 0.29) is 6.04 Å². The third kappa shape index (κ3) is 7.19. The second kappa shape index (κ2) is 13.8. The van der Waals surface area contributed by atoms with Gasteiger partial charge in [-0.25, -0.2) is 4.98 Å². The van der Waals surface area contributed by atoms with Crippen LogP contribution in [0.15, 0.2) is 48.5 Å². The number of aromatic nitrogens is 1. The van der Waals surface area contributed by atoms with Crippen LogP contribution in [-0.4, -0.2) is 64.6 Å². The van der Waals surface area contributed by atoms with E-state index < -0.39 is 5.97 Å². The molecular weight excluding hydrogens is 574 g/mol. The molecule has 3 aliphatic rings. The van der Waals surface area contributed by atoms with E-state index in [9.17, 15) is 9.90 Å². The largest absolute Gasteiger partial charge is 0.480 e. The lowest BCUT2D eigenvalue weighted by Gasteiger charge is -2.35. The normalized spacial score (nSPS) is 23.0. The van der Waals surface area contributed by atoms with Crippen molar-refractivity contribution in [2.24, 2.45) is 11.8 Å². The van der Waals surface area contributed by atoms with Gasteiger partial charge in [-0.1, -0.05) is 85.8 Å². The van der Waals surface area contributed by atoms with Crippen LogP contribution in [0.3, 0.4) is 0 Å². The van der Waals surface area contributed by atoms with Crippen LogP contribution in [0.1, 0.15) is 89.6 Å². The molecule has 3 atom stereocenters. The van der Waals surface area contributed by atoms with Gasteiger partial charge in [-0.3, -0.25) is 9.69 Å². The third-order valence-corrected chi connectivity index (χ3v) is 11.9. The number of carboxylic acid groups (broad SMARTS) is 1. The maximum atomic E-state index is 12.4. The average molecular weight is 620 g/mol. The van der Waals surface area contributed by atoms with Crippen molar-refractivity contribution in [1.29, 1.82) is 0 Å². The Labute approximate surface area is 266 Å². The predicted octanol–water partition coefficient (Wildman–Crippen LogP) is 7.80. The molecule has 230 valence electrons. The molecule has 3 aromatic rings. The standard InChI is InChI=1S/C36H46ClN3O2S/c1-3-32-35(43-34(38-32)20-28-11-4-5-13-31(28)37)26-14-16-39(17-15-26)21-29-22-40(33(36(41)42)19-25-9-7-10-25)23-30(29)27-12-6-8-24(2)18-27/h4-6,8,11-13,18,25-26,29-30,33H,3,7,9-10,14-17,19-23H2,1-2H3,(H,41,42). The van der Waals surface area contributed by atoms with Crippen molar-refractivity contribution < 1.29 is 9.90 Å². The van der Waals surface area contributed by atoms with Crippen LogP contribution in [-0.2, 0) is 17.6 Å². The predicted molar refractivity (Wildman–Crippen MR) is 177 cm³/mol. The number of carbonyl (C=O) groups is 1. The highest BCUT2D eigenvalue weighted by Gasteiger charge is 2.41. The smallest absolute Gasteiger partial charge is 0.320 e. The van der Waals surface area contributed by atoms with Crippen LogP contribution in [0.5, 0.6) is 0 Å². The highest BCUT2D eigenvalue weighted by molar-refractivity contribution is 7.11. The molecule has 1 aliphatic carbocycles. The molecule has 3 heterocycles. The lowest BCUT2D eigenvalue weighted by Crippen LogP contribution is -2.43. The first-order valence-electron chi connectivity index (χ1n) is 16.4. The average Bonchev–Trinajstić information content (AvgIpc) is 3.58. The summed E-state index contributed by atoms with van der Waals surface area (Å²) in [5.74, 6) is 1.33.